The van der Waals surface area contributed by atoms with Crippen molar-refractivity contribution in [3.8, 4) is 11.1 Å². The Morgan fingerprint density at radius 1 is 1.08 bits per heavy atom. The van der Waals surface area contributed by atoms with Gasteiger partial charge in [0.1, 0.15) is 18.1 Å². The van der Waals surface area contributed by atoms with Crippen LogP contribution in [0.25, 0.3) is 22.0 Å². The molecule has 1 saturated heterocycles. The predicted octanol–water partition coefficient (Wildman–Crippen LogP) is 4.53. The van der Waals surface area contributed by atoms with Crippen molar-refractivity contribution in [3.63, 3.8) is 0 Å². The van der Waals surface area contributed by atoms with E-state index in [1.165, 1.54) is 6.92 Å². The van der Waals surface area contributed by atoms with E-state index in [0.717, 1.165) is 43.2 Å². The summed E-state index contributed by atoms with van der Waals surface area (Å²) in [5, 5.41) is 5.23. The summed E-state index contributed by atoms with van der Waals surface area (Å²) in [7, 11) is 0. The SMILES string of the molecule is CCCCCC(=O)[C@@H]1C[C@@]2(C)C[C@H]2N1C(=O)Cn1nc(C(C)=O)c2cc(-c3cnc(C)nc3)ccc21. The van der Waals surface area contributed by atoms with Gasteiger partial charge in [-0.25, -0.2) is 9.97 Å². The Morgan fingerprint density at radius 2 is 1.83 bits per heavy atom. The van der Waals surface area contributed by atoms with Crippen LogP contribution in [0, 0.1) is 12.3 Å². The van der Waals surface area contributed by atoms with E-state index < -0.39 is 0 Å². The van der Waals surface area contributed by atoms with Crippen LogP contribution in [0.5, 0.6) is 0 Å². The van der Waals surface area contributed by atoms with Crippen molar-refractivity contribution >= 4 is 28.4 Å². The first-order valence-corrected chi connectivity index (χ1v) is 12.9. The van der Waals surface area contributed by atoms with Crippen molar-refractivity contribution in [2.45, 2.75) is 84.8 Å². The number of piperidine rings is 1. The van der Waals surface area contributed by atoms with Gasteiger partial charge in [0.25, 0.3) is 0 Å². The van der Waals surface area contributed by atoms with Gasteiger partial charge in [0.2, 0.25) is 5.91 Å². The molecule has 0 N–H and O–H groups in total. The van der Waals surface area contributed by atoms with Gasteiger partial charge in [0.15, 0.2) is 11.6 Å². The van der Waals surface area contributed by atoms with Crippen LogP contribution in [0.4, 0.5) is 0 Å². The molecule has 2 aliphatic rings. The van der Waals surface area contributed by atoms with Gasteiger partial charge < -0.3 is 4.90 Å². The second-order valence-electron chi connectivity index (χ2n) is 10.6. The molecule has 1 aliphatic heterocycles. The molecule has 0 radical (unpaired) electrons. The van der Waals surface area contributed by atoms with E-state index in [1.54, 1.807) is 17.1 Å². The summed E-state index contributed by atoms with van der Waals surface area (Å²) in [6, 6.07) is 5.49. The van der Waals surface area contributed by atoms with Crippen LogP contribution in [-0.2, 0) is 16.1 Å². The highest BCUT2D eigenvalue weighted by Gasteiger charge is 2.64. The molecule has 1 aromatic carbocycles. The largest absolute Gasteiger partial charge is 0.327 e. The first-order valence-electron chi connectivity index (χ1n) is 12.9. The molecule has 1 amide bonds. The summed E-state index contributed by atoms with van der Waals surface area (Å²) >= 11 is 0. The zero-order valence-electron chi connectivity index (χ0n) is 21.5. The molecule has 188 valence electrons. The Balaban J connectivity index is 1.43. The third-order valence-electron chi connectivity index (χ3n) is 7.80. The first kappa shape index (κ1) is 24.3. The molecular formula is C28H33N5O3. The summed E-state index contributed by atoms with van der Waals surface area (Å²) in [6.07, 6.45) is 8.67. The van der Waals surface area contributed by atoms with E-state index in [-0.39, 0.29) is 41.5 Å². The number of nitrogens with zero attached hydrogens (tertiary/aromatic N) is 5. The van der Waals surface area contributed by atoms with Gasteiger partial charge >= 0.3 is 0 Å². The molecule has 8 nitrogen and oxygen atoms in total. The average Bonchev–Trinajstić information content (AvgIpc) is 3.22. The van der Waals surface area contributed by atoms with E-state index >= 15 is 0 Å². The van der Waals surface area contributed by atoms with Crippen molar-refractivity contribution < 1.29 is 14.4 Å². The topological polar surface area (TPSA) is 98.1 Å². The molecule has 5 rings (SSSR count). The fourth-order valence-corrected chi connectivity index (χ4v) is 5.62. The monoisotopic (exact) mass is 487 g/mol. The van der Waals surface area contributed by atoms with Gasteiger partial charge in [-0.2, -0.15) is 5.10 Å². The molecule has 2 fully saturated rings. The number of carbonyl (C=O) groups is 3. The van der Waals surface area contributed by atoms with E-state index in [2.05, 4.69) is 28.9 Å². The highest BCUT2D eigenvalue weighted by Crippen LogP contribution is 2.59. The number of amides is 1. The lowest BCUT2D eigenvalue weighted by molar-refractivity contribution is -0.139. The zero-order valence-corrected chi connectivity index (χ0v) is 21.5. The second kappa shape index (κ2) is 9.22. The number of Topliss-reactive ketones (excluding diaryl/α,β-unsaturated/α-hetero) is 2. The molecule has 0 unspecified atom stereocenters. The number of hydrogen-bond acceptors (Lipinski definition) is 6. The fraction of sp³-hybridized carbons (Fsp3) is 0.500. The molecule has 0 spiro atoms. The molecule has 8 heteroatoms. The van der Waals surface area contributed by atoms with Gasteiger partial charge in [-0.15, -0.1) is 0 Å². The number of likely N-dealkylation sites (tertiary alicyclic amines) is 1. The summed E-state index contributed by atoms with van der Waals surface area (Å²) in [5.41, 5.74) is 2.81. The van der Waals surface area contributed by atoms with E-state index in [0.29, 0.717) is 28.8 Å². The maximum absolute atomic E-state index is 13.6. The number of fused-ring (bicyclic) bond motifs is 2. The number of benzene rings is 1. The zero-order chi connectivity index (χ0) is 25.6. The normalized spacial score (nSPS) is 22.6. The molecule has 3 atom stereocenters. The Morgan fingerprint density at radius 3 is 2.53 bits per heavy atom. The average molecular weight is 488 g/mol. The Hall–Kier alpha value is -3.42. The van der Waals surface area contributed by atoms with E-state index in [1.807, 2.05) is 30.0 Å². The minimum atomic E-state index is -0.347. The third kappa shape index (κ3) is 4.33. The summed E-state index contributed by atoms with van der Waals surface area (Å²) < 4.78 is 1.61. The summed E-state index contributed by atoms with van der Waals surface area (Å²) in [5.74, 6) is 0.588. The number of aryl methyl sites for hydroxylation is 1. The van der Waals surface area contributed by atoms with Crippen LogP contribution in [0.15, 0.2) is 30.6 Å². The van der Waals surface area contributed by atoms with Crippen LogP contribution in [-0.4, -0.2) is 54.2 Å². The Labute approximate surface area is 211 Å². The molecule has 0 bridgehead atoms. The van der Waals surface area contributed by atoms with Gasteiger partial charge in [0, 0.05) is 42.7 Å². The highest BCUT2D eigenvalue weighted by molar-refractivity contribution is 6.06. The number of unbranched alkanes of at least 4 members (excludes halogenated alkanes) is 2. The van der Waals surface area contributed by atoms with Crippen molar-refractivity contribution in [2.24, 2.45) is 5.41 Å². The van der Waals surface area contributed by atoms with E-state index in [4.69, 9.17) is 0 Å². The van der Waals surface area contributed by atoms with Crippen molar-refractivity contribution in [2.75, 3.05) is 0 Å². The fourth-order valence-electron chi connectivity index (χ4n) is 5.62. The van der Waals surface area contributed by atoms with Crippen LogP contribution in [0.2, 0.25) is 0 Å². The Kier molecular flexibility index (Phi) is 6.22. The van der Waals surface area contributed by atoms with E-state index in [9.17, 15) is 14.4 Å². The van der Waals surface area contributed by atoms with Crippen molar-refractivity contribution in [3.05, 3.63) is 42.1 Å². The number of ketones is 2. The Bertz CT molecular complexity index is 1350. The molecule has 36 heavy (non-hydrogen) atoms. The number of hydrogen-bond donors (Lipinski definition) is 0. The predicted molar refractivity (Wildman–Crippen MR) is 136 cm³/mol. The lowest BCUT2D eigenvalue weighted by Gasteiger charge is -2.27. The minimum absolute atomic E-state index is 0.00207. The molecule has 3 heterocycles. The molecule has 1 saturated carbocycles. The van der Waals surface area contributed by atoms with Gasteiger partial charge in [-0.1, -0.05) is 32.8 Å². The first-order chi connectivity index (χ1) is 17.2. The van der Waals surface area contributed by atoms with Crippen LogP contribution in [0.1, 0.15) is 75.6 Å². The molecule has 3 aromatic rings. The summed E-state index contributed by atoms with van der Waals surface area (Å²) in [6.45, 7) is 7.60. The van der Waals surface area contributed by atoms with Crippen molar-refractivity contribution in [1.29, 1.82) is 0 Å². The third-order valence-corrected chi connectivity index (χ3v) is 7.80. The number of aromatic nitrogens is 4. The maximum Gasteiger partial charge on any atom is 0.245 e. The molecular weight excluding hydrogens is 454 g/mol. The van der Waals surface area contributed by atoms with Gasteiger partial charge in [0.05, 0.1) is 11.6 Å². The maximum atomic E-state index is 13.6. The highest BCUT2D eigenvalue weighted by atomic mass is 16.2. The number of rotatable bonds is 9. The van der Waals surface area contributed by atoms with Crippen molar-refractivity contribution in [1.82, 2.24) is 24.6 Å². The lowest BCUT2D eigenvalue weighted by atomic mass is 9.96. The van der Waals surface area contributed by atoms with Crippen LogP contribution in [0.3, 0.4) is 0 Å². The van der Waals surface area contributed by atoms with Gasteiger partial charge in [-0.3, -0.25) is 19.1 Å². The smallest absolute Gasteiger partial charge is 0.245 e. The lowest BCUT2D eigenvalue weighted by Crippen LogP contribution is -2.44. The minimum Gasteiger partial charge on any atom is -0.327 e. The number of carbonyl (C=O) groups excluding carboxylic acids is 3. The van der Waals surface area contributed by atoms with Crippen LogP contribution < -0.4 is 0 Å². The molecule has 2 aromatic heterocycles. The van der Waals surface area contributed by atoms with Gasteiger partial charge in [-0.05, 0) is 49.3 Å². The standard InChI is InChI=1S/C28H33N5O3/c1-5-6-7-8-24(35)23-12-28(4)13-25(28)33(23)26(36)16-32-22-10-9-19(20-14-29-18(3)30-15-20)11-21(22)27(31-32)17(2)34/h9-11,14-15,23,25H,5-8,12-13,16H2,1-4H3/t23-,25+,28-/m0/s1. The summed E-state index contributed by atoms with van der Waals surface area (Å²) in [4.78, 5) is 49.4. The second-order valence-corrected chi connectivity index (χ2v) is 10.6. The molecule has 1 aliphatic carbocycles. The quantitative estimate of drug-likeness (QED) is 0.325. The van der Waals surface area contributed by atoms with Crippen LogP contribution >= 0.6 is 0 Å².